The van der Waals surface area contributed by atoms with Gasteiger partial charge < -0.3 is 4.90 Å². The first kappa shape index (κ1) is 17.9. The molecule has 140 valence electrons. The second-order valence-electron chi connectivity index (χ2n) is 7.35. The number of nitrogens with zero attached hydrogens (tertiary/aromatic N) is 4. The standard InChI is InChI=1S/C21H24N4OS/c1-13-11-16(24(3)4)10-9-15(13)12-22-25-14(2)23-20-19(21(25)26)17-7-5-6-8-18(17)27-20/h9-12H,5-8H2,1-4H3. The van der Waals surface area contributed by atoms with Crippen LogP contribution in [0.4, 0.5) is 5.69 Å². The summed E-state index contributed by atoms with van der Waals surface area (Å²) in [5.41, 5.74) is 4.42. The van der Waals surface area contributed by atoms with Crippen molar-refractivity contribution in [3.8, 4) is 0 Å². The summed E-state index contributed by atoms with van der Waals surface area (Å²) in [6, 6.07) is 6.21. The molecule has 0 aliphatic heterocycles. The van der Waals surface area contributed by atoms with Gasteiger partial charge in [-0.25, -0.2) is 4.98 Å². The van der Waals surface area contributed by atoms with Gasteiger partial charge in [-0.3, -0.25) is 4.79 Å². The molecule has 1 aliphatic carbocycles. The van der Waals surface area contributed by atoms with E-state index in [2.05, 4.69) is 34.0 Å². The monoisotopic (exact) mass is 380 g/mol. The molecule has 6 heteroatoms. The number of hydrogen-bond donors (Lipinski definition) is 0. The lowest BCUT2D eigenvalue weighted by Crippen LogP contribution is -2.21. The summed E-state index contributed by atoms with van der Waals surface area (Å²) in [6.45, 7) is 3.90. The minimum Gasteiger partial charge on any atom is -0.378 e. The summed E-state index contributed by atoms with van der Waals surface area (Å²) < 4.78 is 1.45. The van der Waals surface area contributed by atoms with Crippen molar-refractivity contribution in [1.29, 1.82) is 0 Å². The van der Waals surface area contributed by atoms with Gasteiger partial charge in [-0.1, -0.05) is 6.07 Å². The Hall–Kier alpha value is -2.47. The summed E-state index contributed by atoms with van der Waals surface area (Å²) in [5.74, 6) is 0.630. The van der Waals surface area contributed by atoms with Crippen LogP contribution in [0.3, 0.4) is 0 Å². The molecule has 4 rings (SSSR count). The van der Waals surface area contributed by atoms with E-state index in [1.165, 1.54) is 21.5 Å². The van der Waals surface area contributed by atoms with E-state index < -0.39 is 0 Å². The Labute approximate surface area is 163 Å². The van der Waals surface area contributed by atoms with E-state index in [1.54, 1.807) is 17.6 Å². The van der Waals surface area contributed by atoms with E-state index in [0.29, 0.717) is 5.82 Å². The van der Waals surface area contributed by atoms with Crippen LogP contribution in [0.1, 0.15) is 40.2 Å². The Morgan fingerprint density at radius 2 is 2.00 bits per heavy atom. The molecule has 0 bridgehead atoms. The summed E-state index contributed by atoms with van der Waals surface area (Å²) in [4.78, 5) is 22.1. The largest absolute Gasteiger partial charge is 0.378 e. The molecule has 0 spiro atoms. The van der Waals surface area contributed by atoms with Gasteiger partial charge in [0.15, 0.2) is 0 Å². The maximum Gasteiger partial charge on any atom is 0.283 e. The Balaban J connectivity index is 1.78. The summed E-state index contributed by atoms with van der Waals surface area (Å²) in [6.07, 6.45) is 6.15. The van der Waals surface area contributed by atoms with Gasteiger partial charge in [0.25, 0.3) is 5.56 Å². The van der Waals surface area contributed by atoms with Gasteiger partial charge in [0.1, 0.15) is 10.7 Å². The minimum atomic E-state index is -0.0456. The molecule has 1 aliphatic rings. The number of hydrogen-bond acceptors (Lipinski definition) is 5. The van der Waals surface area contributed by atoms with Crippen molar-refractivity contribution < 1.29 is 0 Å². The Bertz CT molecular complexity index is 1110. The zero-order valence-corrected chi connectivity index (χ0v) is 17.1. The van der Waals surface area contributed by atoms with Crippen LogP contribution in [-0.4, -0.2) is 30.0 Å². The van der Waals surface area contributed by atoms with Gasteiger partial charge in [-0.05, 0) is 68.4 Å². The molecule has 2 aromatic heterocycles. The molecule has 3 aromatic rings. The molecule has 5 nitrogen and oxygen atoms in total. The molecule has 0 radical (unpaired) electrons. The topological polar surface area (TPSA) is 50.5 Å². The molecule has 0 N–H and O–H groups in total. The zero-order valence-electron chi connectivity index (χ0n) is 16.2. The van der Waals surface area contributed by atoms with Crippen LogP contribution in [0, 0.1) is 13.8 Å². The number of thiophene rings is 1. The first-order valence-corrected chi connectivity index (χ1v) is 10.1. The fraction of sp³-hybridized carbons (Fsp3) is 0.381. The second-order valence-corrected chi connectivity index (χ2v) is 8.43. The highest BCUT2D eigenvalue weighted by molar-refractivity contribution is 7.18. The molecule has 0 saturated heterocycles. The van der Waals surface area contributed by atoms with E-state index in [9.17, 15) is 4.79 Å². The van der Waals surface area contributed by atoms with E-state index in [-0.39, 0.29) is 5.56 Å². The average Bonchev–Trinajstić information content (AvgIpc) is 3.00. The summed E-state index contributed by atoms with van der Waals surface area (Å²) in [5, 5.41) is 5.27. The van der Waals surface area contributed by atoms with Crippen molar-refractivity contribution in [2.45, 2.75) is 39.5 Å². The lowest BCUT2D eigenvalue weighted by Gasteiger charge is -2.13. The predicted molar refractivity (Wildman–Crippen MR) is 114 cm³/mol. The molecule has 0 fully saturated rings. The van der Waals surface area contributed by atoms with E-state index >= 15 is 0 Å². The van der Waals surface area contributed by atoms with Crippen LogP contribution in [0.2, 0.25) is 0 Å². The van der Waals surface area contributed by atoms with Gasteiger partial charge in [-0.15, -0.1) is 11.3 Å². The van der Waals surface area contributed by atoms with E-state index in [0.717, 1.165) is 46.3 Å². The molecule has 0 atom stereocenters. The van der Waals surface area contributed by atoms with Crippen molar-refractivity contribution in [3.63, 3.8) is 0 Å². The van der Waals surface area contributed by atoms with Crippen LogP contribution in [0.25, 0.3) is 10.2 Å². The normalized spacial score (nSPS) is 14.1. The first-order chi connectivity index (χ1) is 13.0. The highest BCUT2D eigenvalue weighted by atomic mass is 32.1. The summed E-state index contributed by atoms with van der Waals surface area (Å²) in [7, 11) is 4.04. The molecule has 1 aromatic carbocycles. The Kier molecular flexibility index (Phi) is 4.60. The maximum absolute atomic E-state index is 13.1. The van der Waals surface area contributed by atoms with Crippen LogP contribution in [-0.2, 0) is 12.8 Å². The second kappa shape index (κ2) is 6.93. The molecule has 0 amide bonds. The maximum atomic E-state index is 13.1. The number of rotatable bonds is 3. The highest BCUT2D eigenvalue weighted by Gasteiger charge is 2.21. The van der Waals surface area contributed by atoms with Crippen LogP contribution in [0.15, 0.2) is 28.1 Å². The number of fused-ring (bicyclic) bond motifs is 3. The molecule has 0 saturated carbocycles. The Morgan fingerprint density at radius 1 is 1.22 bits per heavy atom. The minimum absolute atomic E-state index is 0.0456. The van der Waals surface area contributed by atoms with E-state index in [1.807, 2.05) is 27.1 Å². The highest BCUT2D eigenvalue weighted by Crippen LogP contribution is 2.33. The SMILES string of the molecule is Cc1cc(N(C)C)ccc1C=Nn1c(C)nc2sc3c(c2c1=O)CCCC3. The Morgan fingerprint density at radius 3 is 2.74 bits per heavy atom. The van der Waals surface area contributed by atoms with Crippen molar-refractivity contribution in [2.24, 2.45) is 5.10 Å². The third kappa shape index (κ3) is 3.18. The van der Waals surface area contributed by atoms with Crippen LogP contribution in [0.5, 0.6) is 0 Å². The quantitative estimate of drug-likeness (QED) is 0.648. The van der Waals surface area contributed by atoms with Crippen LogP contribution < -0.4 is 10.5 Å². The van der Waals surface area contributed by atoms with Crippen molar-refractivity contribution >= 4 is 33.5 Å². The predicted octanol–water partition coefficient (Wildman–Crippen LogP) is 3.90. The third-order valence-electron chi connectivity index (χ3n) is 5.21. The van der Waals surface area contributed by atoms with Gasteiger partial charge >= 0.3 is 0 Å². The van der Waals surface area contributed by atoms with E-state index in [4.69, 9.17) is 0 Å². The fourth-order valence-electron chi connectivity index (χ4n) is 3.64. The van der Waals surface area contributed by atoms with Gasteiger partial charge in [0.05, 0.1) is 11.6 Å². The fourth-order valence-corrected chi connectivity index (χ4v) is 4.93. The number of aromatic nitrogens is 2. The number of benzene rings is 1. The first-order valence-electron chi connectivity index (χ1n) is 9.32. The zero-order chi connectivity index (χ0) is 19.1. The lowest BCUT2D eigenvalue weighted by molar-refractivity contribution is 0.698. The number of anilines is 1. The van der Waals surface area contributed by atoms with Gasteiger partial charge in [0, 0.05) is 24.7 Å². The van der Waals surface area contributed by atoms with Crippen LogP contribution >= 0.6 is 11.3 Å². The van der Waals surface area contributed by atoms with Crippen molar-refractivity contribution in [1.82, 2.24) is 9.66 Å². The molecule has 27 heavy (non-hydrogen) atoms. The number of aryl methyl sites for hydroxylation is 4. The average molecular weight is 381 g/mol. The van der Waals surface area contributed by atoms with Gasteiger partial charge in [0.2, 0.25) is 0 Å². The van der Waals surface area contributed by atoms with Gasteiger partial charge in [-0.2, -0.15) is 9.78 Å². The summed E-state index contributed by atoms with van der Waals surface area (Å²) >= 11 is 1.68. The molecule has 2 heterocycles. The lowest BCUT2D eigenvalue weighted by atomic mass is 9.97. The smallest absolute Gasteiger partial charge is 0.283 e. The van der Waals surface area contributed by atoms with Crippen molar-refractivity contribution in [3.05, 3.63) is 55.9 Å². The van der Waals surface area contributed by atoms with Crippen molar-refractivity contribution in [2.75, 3.05) is 19.0 Å². The molecular weight excluding hydrogens is 356 g/mol. The molecular formula is C21H24N4OS. The molecule has 0 unspecified atom stereocenters. The third-order valence-corrected chi connectivity index (χ3v) is 6.40.